The third-order valence-corrected chi connectivity index (χ3v) is 3.68. The summed E-state index contributed by atoms with van der Waals surface area (Å²) in [7, 11) is 0. The molecule has 0 heterocycles. The second-order valence-electron chi connectivity index (χ2n) is 4.79. The zero-order valence-corrected chi connectivity index (χ0v) is 10.4. The van der Waals surface area contributed by atoms with Gasteiger partial charge in [-0.25, -0.2) is 0 Å². The van der Waals surface area contributed by atoms with Crippen LogP contribution in [-0.2, 0) is 4.74 Å². The molecule has 92 valence electrons. The molecule has 2 aliphatic rings. The van der Waals surface area contributed by atoms with Gasteiger partial charge in [-0.15, -0.1) is 0 Å². The zero-order chi connectivity index (χ0) is 12.5. The van der Waals surface area contributed by atoms with Crippen molar-refractivity contribution < 1.29 is 4.74 Å². The lowest BCUT2D eigenvalue weighted by atomic mass is 9.93. The van der Waals surface area contributed by atoms with Crippen molar-refractivity contribution in [2.45, 2.75) is 18.8 Å². The summed E-state index contributed by atoms with van der Waals surface area (Å²) in [6.45, 7) is 4.18. The van der Waals surface area contributed by atoms with Gasteiger partial charge in [-0.05, 0) is 41.7 Å². The maximum Gasteiger partial charge on any atom is 0.176 e. The Kier molecular flexibility index (Phi) is 2.71. The van der Waals surface area contributed by atoms with Gasteiger partial charge in [0.1, 0.15) is 6.61 Å². The summed E-state index contributed by atoms with van der Waals surface area (Å²) in [5.41, 5.74) is 11.1. The fourth-order valence-corrected chi connectivity index (χ4v) is 2.91. The lowest BCUT2D eigenvalue weighted by Crippen LogP contribution is -2.10. The van der Waals surface area contributed by atoms with Crippen LogP contribution in [0, 0.1) is 0 Å². The van der Waals surface area contributed by atoms with Gasteiger partial charge in [-0.2, -0.15) is 0 Å². The van der Waals surface area contributed by atoms with Gasteiger partial charge in [0.25, 0.3) is 0 Å². The summed E-state index contributed by atoms with van der Waals surface area (Å²) in [4.78, 5) is 0. The third-order valence-electron chi connectivity index (χ3n) is 3.68. The molecule has 1 aromatic carbocycles. The van der Waals surface area contributed by atoms with Gasteiger partial charge in [0.2, 0.25) is 0 Å². The topological polar surface area (TPSA) is 35.2 Å². The van der Waals surface area contributed by atoms with Gasteiger partial charge in [-0.3, -0.25) is 0 Å². The smallest absolute Gasteiger partial charge is 0.176 e. The molecular weight excluding hydrogens is 222 g/mol. The molecule has 2 N–H and O–H groups in total. The number of rotatable bonds is 3. The largest absolute Gasteiger partial charge is 0.479 e. The molecular formula is C16H17NO. The zero-order valence-electron chi connectivity index (χ0n) is 10.4. The van der Waals surface area contributed by atoms with Crippen molar-refractivity contribution >= 4 is 5.57 Å². The Labute approximate surface area is 107 Å². The van der Waals surface area contributed by atoms with E-state index in [9.17, 15) is 0 Å². The van der Waals surface area contributed by atoms with Crippen LogP contribution in [0.1, 0.15) is 29.9 Å². The van der Waals surface area contributed by atoms with Gasteiger partial charge in [0.15, 0.2) is 5.88 Å². The monoisotopic (exact) mass is 239 g/mol. The van der Waals surface area contributed by atoms with Crippen molar-refractivity contribution in [3.63, 3.8) is 0 Å². The number of nitrogens with two attached hydrogens (primary N) is 1. The molecule has 2 aliphatic carbocycles. The average molecular weight is 239 g/mol. The van der Waals surface area contributed by atoms with Crippen LogP contribution in [0.15, 0.2) is 54.5 Å². The summed E-state index contributed by atoms with van der Waals surface area (Å²) >= 11 is 0. The van der Waals surface area contributed by atoms with Crippen molar-refractivity contribution in [1.29, 1.82) is 0 Å². The van der Waals surface area contributed by atoms with Gasteiger partial charge < -0.3 is 10.5 Å². The highest BCUT2D eigenvalue weighted by atomic mass is 16.5. The molecule has 3 rings (SSSR count). The number of hydrogen-bond acceptors (Lipinski definition) is 2. The summed E-state index contributed by atoms with van der Waals surface area (Å²) in [6, 6.07) is 8.59. The summed E-state index contributed by atoms with van der Waals surface area (Å²) in [5, 5.41) is 0. The highest BCUT2D eigenvalue weighted by Crippen LogP contribution is 2.46. The Bertz CT molecular complexity index is 554. The number of allylic oxidation sites excluding steroid dienone is 3. The van der Waals surface area contributed by atoms with Crippen LogP contribution in [0.2, 0.25) is 0 Å². The first-order valence-corrected chi connectivity index (χ1v) is 6.33. The Morgan fingerprint density at radius 1 is 1.39 bits per heavy atom. The van der Waals surface area contributed by atoms with Gasteiger partial charge >= 0.3 is 0 Å². The first kappa shape index (κ1) is 11.1. The van der Waals surface area contributed by atoms with Crippen molar-refractivity contribution in [2.24, 2.45) is 5.73 Å². The van der Waals surface area contributed by atoms with E-state index in [1.807, 2.05) is 0 Å². The van der Waals surface area contributed by atoms with Crippen molar-refractivity contribution in [1.82, 2.24) is 0 Å². The molecule has 0 aromatic heterocycles. The number of benzene rings is 1. The predicted octanol–water partition coefficient (Wildman–Crippen LogP) is 3.33. The van der Waals surface area contributed by atoms with Crippen molar-refractivity contribution in [3.8, 4) is 0 Å². The summed E-state index contributed by atoms with van der Waals surface area (Å²) < 4.78 is 5.45. The van der Waals surface area contributed by atoms with Gasteiger partial charge in [0, 0.05) is 5.92 Å². The molecule has 1 atom stereocenters. The minimum absolute atomic E-state index is 0.293. The Balaban J connectivity index is 1.99. The van der Waals surface area contributed by atoms with E-state index in [0.717, 1.165) is 12.8 Å². The molecule has 1 unspecified atom stereocenters. The first-order chi connectivity index (χ1) is 8.77. The Morgan fingerprint density at radius 2 is 2.22 bits per heavy atom. The second-order valence-corrected chi connectivity index (χ2v) is 4.79. The highest BCUT2D eigenvalue weighted by molar-refractivity contribution is 5.81. The maximum atomic E-state index is 5.51. The molecule has 18 heavy (non-hydrogen) atoms. The second kappa shape index (κ2) is 4.37. The van der Waals surface area contributed by atoms with E-state index in [1.165, 1.54) is 22.3 Å². The molecule has 2 heteroatoms. The fraction of sp³-hybridized carbons (Fsp3) is 0.250. The first-order valence-electron chi connectivity index (χ1n) is 6.33. The predicted molar refractivity (Wildman–Crippen MR) is 73.8 cm³/mol. The highest BCUT2D eigenvalue weighted by Gasteiger charge is 2.30. The normalized spacial score (nSPS) is 20.6. The Morgan fingerprint density at radius 3 is 3.06 bits per heavy atom. The lowest BCUT2D eigenvalue weighted by molar-refractivity contribution is 0.202. The molecule has 0 aliphatic heterocycles. The standard InChI is InChI=1S/C16H17NO/c1-11(17)18-10-16-14-8-4-2-6-12(14)13-7-3-5-9-15(13)16/h2,4-6,8-9,16H,1,3,7,10,17H2. The van der Waals surface area contributed by atoms with Crippen LogP contribution in [0.3, 0.4) is 0 Å². The third kappa shape index (κ3) is 1.74. The average Bonchev–Trinajstić information content (AvgIpc) is 2.71. The van der Waals surface area contributed by atoms with Crippen LogP contribution in [0.4, 0.5) is 0 Å². The van der Waals surface area contributed by atoms with Gasteiger partial charge in [-0.1, -0.05) is 36.4 Å². The summed E-state index contributed by atoms with van der Waals surface area (Å²) in [5.74, 6) is 0.592. The maximum absolute atomic E-state index is 5.51. The minimum atomic E-state index is 0.293. The van der Waals surface area contributed by atoms with Gasteiger partial charge in [0.05, 0.1) is 0 Å². The van der Waals surface area contributed by atoms with Crippen LogP contribution >= 0.6 is 0 Å². The molecule has 0 saturated carbocycles. The molecule has 0 fully saturated rings. The fourth-order valence-electron chi connectivity index (χ4n) is 2.91. The quantitative estimate of drug-likeness (QED) is 0.821. The van der Waals surface area contributed by atoms with Crippen LogP contribution < -0.4 is 5.73 Å². The molecule has 2 nitrogen and oxygen atoms in total. The van der Waals surface area contributed by atoms with E-state index in [4.69, 9.17) is 10.5 Å². The van der Waals surface area contributed by atoms with E-state index in [2.05, 4.69) is 43.0 Å². The molecule has 1 aromatic rings. The molecule has 0 radical (unpaired) electrons. The number of fused-ring (bicyclic) bond motifs is 2. The van der Waals surface area contributed by atoms with Crippen LogP contribution in [0.5, 0.6) is 0 Å². The minimum Gasteiger partial charge on any atom is -0.479 e. The Hall–Kier alpha value is -1.96. The molecule has 0 bridgehead atoms. The van der Waals surface area contributed by atoms with E-state index in [0.29, 0.717) is 18.4 Å². The van der Waals surface area contributed by atoms with Crippen LogP contribution in [0.25, 0.3) is 5.57 Å². The molecule has 0 spiro atoms. The van der Waals surface area contributed by atoms with E-state index in [-0.39, 0.29) is 0 Å². The van der Waals surface area contributed by atoms with E-state index >= 15 is 0 Å². The van der Waals surface area contributed by atoms with E-state index in [1.54, 1.807) is 0 Å². The number of ether oxygens (including phenoxy) is 1. The van der Waals surface area contributed by atoms with Crippen LogP contribution in [-0.4, -0.2) is 6.61 Å². The van der Waals surface area contributed by atoms with E-state index < -0.39 is 0 Å². The molecule has 0 amide bonds. The summed E-state index contributed by atoms with van der Waals surface area (Å²) in [6.07, 6.45) is 6.74. The SMILES string of the molecule is C=C(N)OCC1C2=C(CCC=C2)c2ccccc21. The number of hydrogen-bond donors (Lipinski definition) is 1. The van der Waals surface area contributed by atoms with Crippen molar-refractivity contribution in [3.05, 3.63) is 65.6 Å². The lowest BCUT2D eigenvalue weighted by Gasteiger charge is -2.16. The van der Waals surface area contributed by atoms with Crippen molar-refractivity contribution in [2.75, 3.05) is 6.61 Å². The molecule has 0 saturated heterocycles.